The number of carbonyl (C=O) groups excluding carboxylic acids is 1. The van der Waals surface area contributed by atoms with E-state index in [0.717, 1.165) is 17.9 Å². The van der Waals surface area contributed by atoms with Gasteiger partial charge in [-0.3, -0.25) is 0 Å². The van der Waals surface area contributed by atoms with Crippen LogP contribution in [0.3, 0.4) is 0 Å². The standard InChI is InChI=1S/C17H19N5O.Hg/c1-3-18-17(23)21-9-10-22-15(19-20-16(22)12-21)8-7-14-6-4-5-13(2)11-14;/h4-6,11H,3,9-10,12H2,1-2H3,(H,18,23);/q;+1/p-1. The van der Waals surface area contributed by atoms with Crippen LogP contribution in [0.5, 0.6) is 0 Å². The molecule has 0 saturated carbocycles. The molecule has 6 nitrogen and oxygen atoms in total. The minimum atomic E-state index is 0.113. The van der Waals surface area contributed by atoms with Gasteiger partial charge in [-0.25, -0.2) is 0 Å². The molecule has 0 bridgehead atoms. The number of hydrogen-bond donors (Lipinski definition) is 0. The Morgan fingerprint density at radius 2 is 2.17 bits per heavy atom. The van der Waals surface area contributed by atoms with Crippen LogP contribution in [0.1, 0.15) is 29.7 Å². The molecule has 0 radical (unpaired) electrons. The van der Waals surface area contributed by atoms with Crippen LogP contribution >= 0.6 is 0 Å². The second kappa shape index (κ2) is 7.35. The molecule has 1 aliphatic heterocycles. The predicted molar refractivity (Wildman–Crippen MR) is 85.4 cm³/mol. The van der Waals surface area contributed by atoms with Crippen LogP contribution in [0, 0.1) is 18.8 Å². The average molecular weight is 509 g/mol. The third-order valence-electron chi connectivity index (χ3n) is 4.01. The normalized spacial score (nSPS) is 13.1. The Labute approximate surface area is 158 Å². The Morgan fingerprint density at radius 3 is 2.92 bits per heavy atom. The van der Waals surface area contributed by atoms with Crippen molar-refractivity contribution in [1.82, 2.24) is 22.3 Å². The number of aryl methyl sites for hydroxylation is 1. The molecule has 0 unspecified atom stereocenters. The fraction of sp³-hybridized carbons (Fsp3) is 0.353. The van der Waals surface area contributed by atoms with Crippen LogP contribution in [0.25, 0.3) is 0 Å². The van der Waals surface area contributed by atoms with Crippen molar-refractivity contribution in [2.24, 2.45) is 0 Å². The first kappa shape index (κ1) is 17.0. The van der Waals surface area contributed by atoms with Crippen molar-refractivity contribution in [3.63, 3.8) is 0 Å². The van der Waals surface area contributed by atoms with E-state index in [-0.39, 0.29) is 6.03 Å². The summed E-state index contributed by atoms with van der Waals surface area (Å²) in [6.45, 7) is 6.71. The average Bonchev–Trinajstić information content (AvgIpc) is 3.01. The van der Waals surface area contributed by atoms with E-state index in [1.54, 1.807) is 0 Å². The third kappa shape index (κ3) is 3.61. The van der Waals surface area contributed by atoms with Crippen LogP contribution in [0.2, 0.25) is 0 Å². The van der Waals surface area contributed by atoms with Gasteiger partial charge in [0.2, 0.25) is 0 Å². The molecule has 1 aromatic carbocycles. The number of fused-ring (bicyclic) bond motifs is 1. The third-order valence-corrected chi connectivity index (χ3v) is 6.80. The number of rotatable bonds is 1. The second-order valence-corrected chi connectivity index (χ2v) is 8.74. The quantitative estimate of drug-likeness (QED) is 0.435. The maximum absolute atomic E-state index is 12.3. The van der Waals surface area contributed by atoms with Crippen molar-refractivity contribution in [2.75, 3.05) is 13.1 Å². The van der Waals surface area contributed by atoms with Crippen molar-refractivity contribution in [1.29, 1.82) is 0 Å². The van der Waals surface area contributed by atoms with Gasteiger partial charge in [0.15, 0.2) is 0 Å². The van der Waals surface area contributed by atoms with Gasteiger partial charge in [0.25, 0.3) is 0 Å². The molecule has 24 heavy (non-hydrogen) atoms. The van der Waals surface area contributed by atoms with E-state index in [9.17, 15) is 4.79 Å². The molecule has 0 saturated heterocycles. The molecule has 0 spiro atoms. The summed E-state index contributed by atoms with van der Waals surface area (Å²) in [7, 11) is 0. The molecule has 1 aromatic heterocycles. The van der Waals surface area contributed by atoms with E-state index < -0.39 is 0 Å². The molecular formula is C17H18HgN5O. The first-order valence-electron chi connectivity index (χ1n) is 7.96. The van der Waals surface area contributed by atoms with Crippen LogP contribution in [-0.4, -0.2) is 41.4 Å². The second-order valence-electron chi connectivity index (χ2n) is 5.77. The summed E-state index contributed by atoms with van der Waals surface area (Å²) in [5.41, 5.74) is 2.15. The number of hydrogen-bond acceptors (Lipinski definition) is 3. The van der Waals surface area contributed by atoms with E-state index in [1.165, 1.54) is 5.56 Å². The summed E-state index contributed by atoms with van der Waals surface area (Å²) < 4.78 is 3.91. The molecule has 2 amide bonds. The van der Waals surface area contributed by atoms with E-state index in [0.29, 0.717) is 51.9 Å². The molecule has 2 aromatic rings. The molecule has 7 heteroatoms. The number of carbonyl (C=O) groups is 1. The molecule has 0 fully saturated rings. The van der Waals surface area contributed by atoms with Crippen molar-refractivity contribution in [3.8, 4) is 11.8 Å². The zero-order valence-corrected chi connectivity index (χ0v) is 19.5. The zero-order chi connectivity index (χ0) is 17.1. The van der Waals surface area contributed by atoms with Gasteiger partial charge in [-0.2, -0.15) is 0 Å². The fourth-order valence-corrected chi connectivity index (χ4v) is 3.38. The fourth-order valence-electron chi connectivity index (χ4n) is 2.60. The molecule has 119 valence electrons. The van der Waals surface area contributed by atoms with Crippen molar-refractivity contribution < 1.29 is 31.2 Å². The number of amides is 2. The first-order chi connectivity index (χ1) is 11.6. The minimum absolute atomic E-state index is 0.113. The first-order valence-corrected chi connectivity index (χ1v) is 10.4. The van der Waals surface area contributed by atoms with Crippen LogP contribution in [-0.2, 0) is 39.5 Å². The number of benzene rings is 1. The molecule has 0 N–H and O–H groups in total. The summed E-state index contributed by atoms with van der Waals surface area (Å²) in [5, 5.41) is 8.41. The summed E-state index contributed by atoms with van der Waals surface area (Å²) >= 11 is 0.302. The van der Waals surface area contributed by atoms with Gasteiger partial charge in [-0.1, -0.05) is 6.07 Å². The maximum atomic E-state index is 12.3. The Bertz CT molecular complexity index is 820. The molecule has 0 aliphatic carbocycles. The predicted octanol–water partition coefficient (Wildman–Crippen LogP) is 1.71. The van der Waals surface area contributed by atoms with Crippen LogP contribution in [0.4, 0.5) is 4.79 Å². The van der Waals surface area contributed by atoms with Gasteiger partial charge < -0.3 is 0 Å². The Kier molecular flexibility index (Phi) is 5.19. The van der Waals surface area contributed by atoms with Gasteiger partial charge in [-0.05, 0) is 6.92 Å². The monoisotopic (exact) mass is 510 g/mol. The van der Waals surface area contributed by atoms with E-state index in [2.05, 4.69) is 22.0 Å². The molecule has 2 heterocycles. The van der Waals surface area contributed by atoms with E-state index in [4.69, 9.17) is 0 Å². The molecular weight excluding hydrogens is 491 g/mol. The van der Waals surface area contributed by atoms with Gasteiger partial charge in [0.05, 0.1) is 0 Å². The summed E-state index contributed by atoms with van der Waals surface area (Å²) in [4.78, 5) is 14.1. The topological polar surface area (TPSA) is 54.3 Å². The Hall–Kier alpha value is -1.87. The summed E-state index contributed by atoms with van der Waals surface area (Å²) in [5.74, 6) is 7.73. The van der Waals surface area contributed by atoms with Gasteiger partial charge in [0.1, 0.15) is 0 Å². The summed E-state index contributed by atoms with van der Waals surface area (Å²) in [6, 6.07) is 8.19. The van der Waals surface area contributed by atoms with E-state index >= 15 is 0 Å². The van der Waals surface area contributed by atoms with Crippen molar-refractivity contribution >= 4 is 6.03 Å². The van der Waals surface area contributed by atoms with Gasteiger partial charge >= 0.3 is 145 Å². The molecule has 0 atom stereocenters. The van der Waals surface area contributed by atoms with Crippen molar-refractivity contribution in [2.45, 2.75) is 26.9 Å². The number of urea groups is 1. The molecule has 1 aliphatic rings. The number of nitrogens with zero attached hydrogens (tertiary/aromatic N) is 5. The van der Waals surface area contributed by atoms with Crippen LogP contribution in [0.15, 0.2) is 24.3 Å². The molecule has 3 rings (SSSR count). The Morgan fingerprint density at radius 1 is 1.33 bits per heavy atom. The van der Waals surface area contributed by atoms with Crippen molar-refractivity contribution in [3.05, 3.63) is 47.0 Å². The van der Waals surface area contributed by atoms with E-state index in [1.807, 2.05) is 50.2 Å². The number of aromatic nitrogens is 3. The Balaban J connectivity index is 1.78. The van der Waals surface area contributed by atoms with Gasteiger partial charge in [-0.15, -0.1) is 0 Å². The van der Waals surface area contributed by atoms with Crippen LogP contribution < -0.4 is 0 Å². The van der Waals surface area contributed by atoms with Gasteiger partial charge in [0, 0.05) is 0 Å². The zero-order valence-electron chi connectivity index (χ0n) is 14.0. The summed E-state index contributed by atoms with van der Waals surface area (Å²) in [6.07, 6.45) is 0. The SMILES string of the molecule is CC[N]([Hg])C(=O)N1CCn2c(C#Cc3cccc(C)c3)nnc2C1.